The quantitative estimate of drug-likeness (QED) is 0.772. The molecule has 0 spiro atoms. The second-order valence-electron chi connectivity index (χ2n) is 7.70. The molecule has 1 aromatic heterocycles. The van der Waals surface area contributed by atoms with Crippen LogP contribution in [0.5, 0.6) is 0 Å². The van der Waals surface area contributed by atoms with Crippen LogP contribution < -0.4 is 0 Å². The smallest absolute Gasteiger partial charge is 0.222 e. The number of aromatic nitrogens is 2. The number of piperidine rings is 1. The predicted octanol–water partition coefficient (Wildman–Crippen LogP) is 2.74. The molecule has 1 aromatic carbocycles. The van der Waals surface area contributed by atoms with Crippen molar-refractivity contribution in [2.75, 3.05) is 20.1 Å². The van der Waals surface area contributed by atoms with Crippen molar-refractivity contribution in [1.82, 2.24) is 19.6 Å². The lowest BCUT2D eigenvalue weighted by Crippen LogP contribution is -2.38. The van der Waals surface area contributed by atoms with E-state index in [4.69, 9.17) is 0 Å². The first-order chi connectivity index (χ1) is 13.4. The van der Waals surface area contributed by atoms with Crippen LogP contribution in [-0.4, -0.2) is 51.5 Å². The number of benzene rings is 1. The van der Waals surface area contributed by atoms with Crippen LogP contribution in [0, 0.1) is 0 Å². The Morgan fingerprint density at radius 1 is 1.18 bits per heavy atom. The Labute approximate surface area is 167 Å². The number of rotatable bonds is 6. The van der Waals surface area contributed by atoms with Crippen LogP contribution in [0.1, 0.15) is 49.1 Å². The third-order valence-electron chi connectivity index (χ3n) is 5.67. The minimum atomic E-state index is 0.0464. The van der Waals surface area contributed by atoms with Gasteiger partial charge < -0.3 is 9.80 Å². The molecule has 2 aromatic rings. The van der Waals surface area contributed by atoms with Crippen LogP contribution in [0.25, 0.3) is 0 Å². The van der Waals surface area contributed by atoms with Crippen molar-refractivity contribution in [3.8, 4) is 0 Å². The molecule has 0 bridgehead atoms. The molecule has 0 saturated carbocycles. The lowest BCUT2D eigenvalue weighted by atomic mass is 9.93. The van der Waals surface area contributed by atoms with E-state index in [-0.39, 0.29) is 11.8 Å². The van der Waals surface area contributed by atoms with E-state index in [9.17, 15) is 9.59 Å². The summed E-state index contributed by atoms with van der Waals surface area (Å²) in [5.74, 6) is 0.665. The zero-order valence-corrected chi connectivity index (χ0v) is 17.1. The number of amides is 2. The number of aryl methyl sites for hydroxylation is 2. The first-order valence-electron chi connectivity index (χ1n) is 10.00. The Kier molecular flexibility index (Phi) is 6.49. The number of carbonyl (C=O) groups excluding carboxylic acids is 2. The average Bonchev–Trinajstić information content (AvgIpc) is 3.07. The molecule has 0 radical (unpaired) electrons. The van der Waals surface area contributed by atoms with Crippen LogP contribution in [0.2, 0.25) is 0 Å². The van der Waals surface area contributed by atoms with Crippen molar-refractivity contribution < 1.29 is 9.59 Å². The van der Waals surface area contributed by atoms with Gasteiger partial charge in [-0.1, -0.05) is 30.3 Å². The van der Waals surface area contributed by atoms with Crippen molar-refractivity contribution >= 4 is 11.8 Å². The van der Waals surface area contributed by atoms with Crippen molar-refractivity contribution in [1.29, 1.82) is 0 Å². The van der Waals surface area contributed by atoms with Crippen LogP contribution in [0.15, 0.2) is 36.4 Å². The van der Waals surface area contributed by atoms with Gasteiger partial charge in [-0.15, -0.1) is 0 Å². The Bertz CT molecular complexity index is 807. The molecule has 28 heavy (non-hydrogen) atoms. The Balaban J connectivity index is 1.51. The van der Waals surface area contributed by atoms with Crippen LogP contribution in [0.3, 0.4) is 0 Å². The maximum Gasteiger partial charge on any atom is 0.222 e. The van der Waals surface area contributed by atoms with E-state index in [0.29, 0.717) is 18.9 Å². The largest absolute Gasteiger partial charge is 0.343 e. The highest BCUT2D eigenvalue weighted by Crippen LogP contribution is 2.28. The molecular formula is C22H30N4O2. The van der Waals surface area contributed by atoms with E-state index in [1.165, 1.54) is 5.56 Å². The van der Waals surface area contributed by atoms with Crippen molar-refractivity contribution in [3.63, 3.8) is 0 Å². The summed E-state index contributed by atoms with van der Waals surface area (Å²) in [5.41, 5.74) is 3.32. The van der Waals surface area contributed by atoms with E-state index in [2.05, 4.69) is 23.3 Å². The number of hydrogen-bond donors (Lipinski definition) is 0. The van der Waals surface area contributed by atoms with E-state index in [1.54, 1.807) is 18.9 Å². The van der Waals surface area contributed by atoms with E-state index in [0.717, 1.165) is 43.7 Å². The van der Waals surface area contributed by atoms with Gasteiger partial charge in [0, 0.05) is 46.4 Å². The molecule has 1 saturated heterocycles. The second-order valence-corrected chi connectivity index (χ2v) is 7.70. The van der Waals surface area contributed by atoms with E-state index in [1.807, 2.05) is 34.8 Å². The topological polar surface area (TPSA) is 58.4 Å². The highest BCUT2D eigenvalue weighted by molar-refractivity contribution is 5.76. The first-order valence-corrected chi connectivity index (χ1v) is 10.00. The molecule has 1 aliphatic rings. The lowest BCUT2D eigenvalue weighted by Gasteiger charge is -2.31. The summed E-state index contributed by atoms with van der Waals surface area (Å²) in [6.07, 6.45) is 3.25. The fraction of sp³-hybridized carbons (Fsp3) is 0.500. The van der Waals surface area contributed by atoms with Crippen molar-refractivity contribution in [3.05, 3.63) is 53.3 Å². The second kappa shape index (κ2) is 9.04. The molecule has 0 N–H and O–H groups in total. The number of likely N-dealkylation sites (tertiary alicyclic amines) is 1. The minimum Gasteiger partial charge on any atom is -0.343 e. The summed E-state index contributed by atoms with van der Waals surface area (Å²) in [7, 11) is 3.73. The maximum atomic E-state index is 12.5. The van der Waals surface area contributed by atoms with Gasteiger partial charge in [0.25, 0.3) is 0 Å². The van der Waals surface area contributed by atoms with Crippen LogP contribution >= 0.6 is 0 Å². The molecule has 2 heterocycles. The molecule has 2 amide bonds. The SMILES string of the molecule is CC(=O)N(C)Cc1cc(C2CCN(C(=O)CCc3ccccc3)CC2)nn1C. The number of carbonyl (C=O) groups is 2. The Morgan fingerprint density at radius 2 is 1.86 bits per heavy atom. The third-order valence-corrected chi connectivity index (χ3v) is 5.67. The van der Waals surface area contributed by atoms with Crippen LogP contribution in [-0.2, 0) is 29.6 Å². The van der Waals surface area contributed by atoms with Gasteiger partial charge in [0.2, 0.25) is 11.8 Å². The minimum absolute atomic E-state index is 0.0464. The lowest BCUT2D eigenvalue weighted by molar-refractivity contribution is -0.132. The summed E-state index contributed by atoms with van der Waals surface area (Å²) < 4.78 is 1.87. The highest BCUT2D eigenvalue weighted by Gasteiger charge is 2.25. The van der Waals surface area contributed by atoms with Crippen LogP contribution in [0.4, 0.5) is 0 Å². The standard InChI is InChI=1S/C22H30N4O2/c1-17(27)24(2)16-20-15-21(23-25(20)3)19-11-13-26(14-12-19)22(28)10-9-18-7-5-4-6-8-18/h4-8,15,19H,9-14,16H2,1-3H3. The molecule has 0 atom stereocenters. The van der Waals surface area contributed by atoms with Crippen molar-refractivity contribution in [2.24, 2.45) is 7.05 Å². The van der Waals surface area contributed by atoms with Gasteiger partial charge in [-0.3, -0.25) is 14.3 Å². The van der Waals surface area contributed by atoms with Gasteiger partial charge >= 0.3 is 0 Å². The van der Waals surface area contributed by atoms with Gasteiger partial charge in [0.15, 0.2) is 0 Å². The zero-order chi connectivity index (χ0) is 20.1. The van der Waals surface area contributed by atoms with Gasteiger partial charge in [-0.2, -0.15) is 5.10 Å². The predicted molar refractivity (Wildman–Crippen MR) is 109 cm³/mol. The molecule has 6 nitrogen and oxygen atoms in total. The molecular weight excluding hydrogens is 352 g/mol. The summed E-state index contributed by atoms with van der Waals surface area (Å²) in [6, 6.07) is 12.3. The summed E-state index contributed by atoms with van der Waals surface area (Å²) in [4.78, 5) is 27.7. The van der Waals surface area contributed by atoms with Gasteiger partial charge in [0.05, 0.1) is 17.9 Å². The number of nitrogens with zero attached hydrogens (tertiary/aromatic N) is 4. The molecule has 1 fully saturated rings. The van der Waals surface area contributed by atoms with E-state index >= 15 is 0 Å². The number of hydrogen-bond acceptors (Lipinski definition) is 3. The average molecular weight is 383 g/mol. The Hall–Kier alpha value is -2.63. The molecule has 6 heteroatoms. The zero-order valence-electron chi connectivity index (χ0n) is 17.1. The van der Waals surface area contributed by atoms with Gasteiger partial charge in [-0.05, 0) is 30.9 Å². The van der Waals surface area contributed by atoms with E-state index < -0.39 is 0 Å². The van der Waals surface area contributed by atoms with Gasteiger partial charge in [0.1, 0.15) is 0 Å². The fourth-order valence-corrected chi connectivity index (χ4v) is 3.71. The van der Waals surface area contributed by atoms with Crippen molar-refractivity contribution in [2.45, 2.75) is 45.1 Å². The first kappa shape index (κ1) is 20.1. The summed E-state index contributed by atoms with van der Waals surface area (Å²) >= 11 is 0. The molecule has 3 rings (SSSR count). The molecule has 1 aliphatic heterocycles. The summed E-state index contributed by atoms with van der Waals surface area (Å²) in [5, 5.41) is 4.67. The monoisotopic (exact) mass is 382 g/mol. The van der Waals surface area contributed by atoms with Gasteiger partial charge in [-0.25, -0.2) is 0 Å². The maximum absolute atomic E-state index is 12.5. The molecule has 0 unspecified atom stereocenters. The molecule has 150 valence electrons. The summed E-state index contributed by atoms with van der Waals surface area (Å²) in [6.45, 7) is 3.71. The normalized spacial score (nSPS) is 14.9. The highest BCUT2D eigenvalue weighted by atomic mass is 16.2. The fourth-order valence-electron chi connectivity index (χ4n) is 3.71. The third kappa shape index (κ3) is 5.00. The molecule has 0 aliphatic carbocycles. The Morgan fingerprint density at radius 3 is 2.50 bits per heavy atom.